The molecule has 0 aliphatic carbocycles. The van der Waals surface area contributed by atoms with Crippen LogP contribution in [0, 0.1) is 11.2 Å². The summed E-state index contributed by atoms with van der Waals surface area (Å²) in [4.78, 5) is 26.6. The van der Waals surface area contributed by atoms with Crippen molar-refractivity contribution in [2.45, 2.75) is 39.7 Å². The lowest BCUT2D eigenvalue weighted by Crippen LogP contribution is -2.51. The molecule has 0 bridgehead atoms. The summed E-state index contributed by atoms with van der Waals surface area (Å²) in [5, 5.41) is 2.87. The van der Waals surface area contributed by atoms with Gasteiger partial charge in [0, 0.05) is 17.8 Å². The van der Waals surface area contributed by atoms with Crippen molar-refractivity contribution in [1.29, 1.82) is 0 Å². The minimum absolute atomic E-state index is 0.240. The Morgan fingerprint density at radius 2 is 1.86 bits per heavy atom. The number of hydrogen-bond donors (Lipinski definition) is 1. The molecule has 0 saturated carbocycles. The van der Waals surface area contributed by atoms with E-state index < -0.39 is 5.41 Å². The van der Waals surface area contributed by atoms with Crippen LogP contribution in [-0.4, -0.2) is 23.9 Å². The van der Waals surface area contributed by atoms with E-state index in [4.69, 9.17) is 0 Å². The van der Waals surface area contributed by atoms with Crippen molar-refractivity contribution < 1.29 is 14.0 Å². The molecule has 1 fully saturated rings. The highest BCUT2D eigenvalue weighted by Gasteiger charge is 2.49. The first-order valence-electron chi connectivity index (χ1n) is 7.04. The number of halogens is 1. The Morgan fingerprint density at radius 1 is 1.29 bits per heavy atom. The predicted molar refractivity (Wildman–Crippen MR) is 79.4 cm³/mol. The molecule has 0 radical (unpaired) electrons. The molecule has 2 amide bonds. The number of amides is 2. The highest BCUT2D eigenvalue weighted by atomic mass is 19.1. The predicted octanol–water partition coefficient (Wildman–Crippen LogP) is 2.48. The Morgan fingerprint density at radius 3 is 2.38 bits per heavy atom. The first-order chi connectivity index (χ1) is 9.63. The first-order valence-corrected chi connectivity index (χ1v) is 7.04. The van der Waals surface area contributed by atoms with Gasteiger partial charge in [-0.15, -0.1) is 0 Å². The molecule has 1 atom stereocenters. The van der Waals surface area contributed by atoms with E-state index in [2.05, 4.69) is 5.32 Å². The lowest BCUT2D eigenvalue weighted by molar-refractivity contribution is -0.139. The molecule has 0 aromatic heterocycles. The zero-order valence-corrected chi connectivity index (χ0v) is 12.9. The van der Waals surface area contributed by atoms with Gasteiger partial charge in [0.1, 0.15) is 11.2 Å². The molecule has 0 unspecified atom stereocenters. The molecule has 1 aliphatic rings. The van der Waals surface area contributed by atoms with E-state index in [1.165, 1.54) is 12.1 Å². The molecule has 1 N–H and O–H groups in total. The van der Waals surface area contributed by atoms with Crippen LogP contribution in [-0.2, 0) is 9.59 Å². The molecule has 1 saturated heterocycles. The molecular weight excluding hydrogens is 271 g/mol. The quantitative estimate of drug-likeness (QED) is 0.851. The lowest BCUT2D eigenvalue weighted by Gasteiger charge is -2.28. The summed E-state index contributed by atoms with van der Waals surface area (Å²) in [5.74, 6) is -0.848. The number of benzene rings is 1. The summed E-state index contributed by atoms with van der Waals surface area (Å²) < 4.78 is 13.0. The zero-order chi connectivity index (χ0) is 15.8. The Hall–Kier alpha value is -1.91. The third-order valence-corrected chi connectivity index (χ3v) is 3.68. The van der Waals surface area contributed by atoms with Crippen molar-refractivity contribution in [3.05, 3.63) is 30.1 Å². The number of anilines is 1. The second-order valence-electron chi connectivity index (χ2n) is 6.72. The number of nitrogens with one attached hydrogen (secondary N) is 1. The number of rotatable bonds is 2. The van der Waals surface area contributed by atoms with Gasteiger partial charge in [-0.25, -0.2) is 4.39 Å². The third-order valence-electron chi connectivity index (χ3n) is 3.68. The van der Waals surface area contributed by atoms with Crippen molar-refractivity contribution in [2.24, 2.45) is 5.41 Å². The van der Waals surface area contributed by atoms with Crippen molar-refractivity contribution >= 4 is 17.5 Å². The Kier molecular flexibility index (Phi) is 3.78. The first kappa shape index (κ1) is 15.5. The maximum Gasteiger partial charge on any atom is 0.242 e. The number of carbonyl (C=O) groups is 2. The van der Waals surface area contributed by atoms with Crippen LogP contribution >= 0.6 is 0 Å². The summed E-state index contributed by atoms with van der Waals surface area (Å²) in [6.07, 6.45) is 0.450. The van der Waals surface area contributed by atoms with Gasteiger partial charge < -0.3 is 10.2 Å². The van der Waals surface area contributed by atoms with Gasteiger partial charge in [-0.2, -0.15) is 0 Å². The fraction of sp³-hybridized carbons (Fsp3) is 0.500. The van der Waals surface area contributed by atoms with Crippen molar-refractivity contribution in [1.82, 2.24) is 5.32 Å². The summed E-state index contributed by atoms with van der Waals surface area (Å²) in [7, 11) is 0. The fourth-order valence-electron chi connectivity index (χ4n) is 2.40. The topological polar surface area (TPSA) is 49.4 Å². The molecule has 21 heavy (non-hydrogen) atoms. The monoisotopic (exact) mass is 292 g/mol. The third kappa shape index (κ3) is 3.06. The SMILES string of the molecule is CC(C)(C)NC(=O)[C@@]1(C)CCN(c2ccc(F)cc2)C1=O. The van der Waals surface area contributed by atoms with E-state index >= 15 is 0 Å². The molecule has 1 aliphatic heterocycles. The Balaban J connectivity index is 2.20. The Labute approximate surface area is 124 Å². The van der Waals surface area contributed by atoms with Crippen LogP contribution in [0.4, 0.5) is 10.1 Å². The smallest absolute Gasteiger partial charge is 0.242 e. The average molecular weight is 292 g/mol. The normalized spacial score (nSPS) is 22.5. The second-order valence-corrected chi connectivity index (χ2v) is 6.72. The highest BCUT2D eigenvalue weighted by Crippen LogP contribution is 2.35. The van der Waals surface area contributed by atoms with E-state index in [0.717, 1.165) is 0 Å². The van der Waals surface area contributed by atoms with Crippen molar-refractivity contribution in [2.75, 3.05) is 11.4 Å². The molecule has 4 nitrogen and oxygen atoms in total. The largest absolute Gasteiger partial charge is 0.351 e. The number of hydrogen-bond acceptors (Lipinski definition) is 2. The highest BCUT2D eigenvalue weighted by molar-refractivity contribution is 6.13. The van der Waals surface area contributed by atoms with Crippen LogP contribution in [0.25, 0.3) is 0 Å². The van der Waals surface area contributed by atoms with Crippen LogP contribution < -0.4 is 10.2 Å². The van der Waals surface area contributed by atoms with E-state index in [1.54, 1.807) is 24.0 Å². The molecule has 5 heteroatoms. The van der Waals surface area contributed by atoms with Gasteiger partial charge in [0.05, 0.1) is 0 Å². The van der Waals surface area contributed by atoms with Crippen LogP contribution in [0.5, 0.6) is 0 Å². The Bertz CT molecular complexity index is 563. The molecule has 2 rings (SSSR count). The lowest BCUT2D eigenvalue weighted by atomic mass is 9.86. The zero-order valence-electron chi connectivity index (χ0n) is 12.9. The minimum Gasteiger partial charge on any atom is -0.351 e. The summed E-state index contributed by atoms with van der Waals surface area (Å²) in [5.41, 5.74) is -0.834. The molecule has 1 aromatic rings. The van der Waals surface area contributed by atoms with Gasteiger partial charge in [0.25, 0.3) is 0 Å². The average Bonchev–Trinajstić information content (AvgIpc) is 2.67. The summed E-state index contributed by atoms with van der Waals surface area (Å²) in [6, 6.07) is 5.74. The maximum absolute atomic E-state index is 13.0. The molecular formula is C16H21FN2O2. The second kappa shape index (κ2) is 5.13. The molecule has 0 spiro atoms. The summed E-state index contributed by atoms with van der Waals surface area (Å²) >= 11 is 0. The van der Waals surface area contributed by atoms with Crippen molar-refractivity contribution in [3.8, 4) is 0 Å². The van der Waals surface area contributed by atoms with Gasteiger partial charge >= 0.3 is 0 Å². The van der Waals surface area contributed by atoms with E-state index in [0.29, 0.717) is 18.7 Å². The van der Waals surface area contributed by atoms with Gasteiger partial charge in [0.15, 0.2) is 0 Å². The number of carbonyl (C=O) groups excluding carboxylic acids is 2. The van der Waals surface area contributed by atoms with Crippen LogP contribution in [0.1, 0.15) is 34.1 Å². The van der Waals surface area contributed by atoms with Gasteiger partial charge in [-0.3, -0.25) is 9.59 Å². The van der Waals surface area contributed by atoms with Gasteiger partial charge in [-0.05, 0) is 58.4 Å². The van der Waals surface area contributed by atoms with Crippen LogP contribution in [0.2, 0.25) is 0 Å². The van der Waals surface area contributed by atoms with Crippen LogP contribution in [0.3, 0.4) is 0 Å². The maximum atomic E-state index is 13.0. The fourth-order valence-corrected chi connectivity index (χ4v) is 2.40. The van der Waals surface area contributed by atoms with E-state index in [1.807, 2.05) is 20.8 Å². The van der Waals surface area contributed by atoms with Gasteiger partial charge in [-0.1, -0.05) is 0 Å². The summed E-state index contributed by atoms with van der Waals surface area (Å²) in [6.45, 7) is 7.76. The standard InChI is InChI=1S/C16H21FN2O2/c1-15(2,3)18-13(20)16(4)9-10-19(14(16)21)12-7-5-11(17)6-8-12/h5-8H,9-10H2,1-4H3,(H,18,20)/t16-/m1/s1. The minimum atomic E-state index is -1.07. The molecule has 114 valence electrons. The van der Waals surface area contributed by atoms with Crippen molar-refractivity contribution in [3.63, 3.8) is 0 Å². The van der Waals surface area contributed by atoms with E-state index in [9.17, 15) is 14.0 Å². The molecule has 1 heterocycles. The van der Waals surface area contributed by atoms with Gasteiger partial charge in [0.2, 0.25) is 11.8 Å². The van der Waals surface area contributed by atoms with E-state index in [-0.39, 0.29) is 23.2 Å². The molecule has 1 aromatic carbocycles. The number of nitrogens with zero attached hydrogens (tertiary/aromatic N) is 1. The van der Waals surface area contributed by atoms with Crippen LogP contribution in [0.15, 0.2) is 24.3 Å².